The van der Waals surface area contributed by atoms with Crippen molar-refractivity contribution in [3.05, 3.63) is 30.3 Å². The number of carbonyl (C=O) groups excluding carboxylic acids is 3. The number of aliphatic hydroxyl groups excluding tert-OH is 1. The number of hydrogen-bond donors (Lipinski definition) is 3. The van der Waals surface area contributed by atoms with Crippen LogP contribution in [-0.4, -0.2) is 66.8 Å². The minimum Gasteiger partial charge on any atom is -0.394 e. The van der Waals surface area contributed by atoms with Gasteiger partial charge in [0.2, 0.25) is 17.7 Å². The summed E-state index contributed by atoms with van der Waals surface area (Å²) in [6.45, 7) is 14.3. The van der Waals surface area contributed by atoms with Crippen molar-refractivity contribution in [1.29, 1.82) is 0 Å². The summed E-state index contributed by atoms with van der Waals surface area (Å²) in [6, 6.07) is 8.01. The van der Waals surface area contributed by atoms with Crippen LogP contribution in [0.25, 0.3) is 0 Å². The molecular formula is C30H44BrN3O4S. The fourth-order valence-corrected chi connectivity index (χ4v) is 11.0. The maximum Gasteiger partial charge on any atom is 0.244 e. The number of amides is 3. The van der Waals surface area contributed by atoms with E-state index in [0.717, 1.165) is 6.42 Å². The Morgan fingerprint density at radius 1 is 1.15 bits per heavy atom. The minimum atomic E-state index is -0.769. The van der Waals surface area contributed by atoms with E-state index in [-0.39, 0.29) is 45.7 Å². The van der Waals surface area contributed by atoms with Gasteiger partial charge in [-0.1, -0.05) is 68.7 Å². The first kappa shape index (κ1) is 30.4. The monoisotopic (exact) mass is 621 g/mol. The number of fused-ring (bicyclic) bond motifs is 1. The standard InChI is InChI=1S/C30H44BrN3O4S/c1-17(2)13-19(15-35)34-24(26(37)33-29(6,7)16-28(3,4)5)30-14-20(31)23(39-30)21(22(30)27(34)38)25(36)32-18-11-9-8-10-12-18/h8-12,17,19-24,35H,13-16H2,1-7H3,(H,32,36)(H,33,37)/t19-,20?,21+,22+,23+,24?,30?/m1/s1. The molecule has 1 aromatic rings. The molecule has 0 radical (unpaired) electrons. The number of nitrogens with one attached hydrogen (secondary N) is 2. The third-order valence-electron chi connectivity index (χ3n) is 8.10. The van der Waals surface area contributed by atoms with Crippen molar-refractivity contribution < 1.29 is 19.5 Å². The van der Waals surface area contributed by atoms with Gasteiger partial charge in [-0.15, -0.1) is 11.8 Å². The van der Waals surface area contributed by atoms with Crippen LogP contribution in [0.5, 0.6) is 0 Å². The van der Waals surface area contributed by atoms with Gasteiger partial charge in [0, 0.05) is 21.3 Å². The molecule has 3 fully saturated rings. The highest BCUT2D eigenvalue weighted by atomic mass is 79.9. The lowest BCUT2D eigenvalue weighted by molar-refractivity contribution is -0.143. The van der Waals surface area contributed by atoms with Gasteiger partial charge in [-0.25, -0.2) is 0 Å². The summed E-state index contributed by atoms with van der Waals surface area (Å²) in [5, 5.41) is 16.7. The number of rotatable bonds is 9. The number of nitrogens with zero attached hydrogens (tertiary/aromatic N) is 1. The zero-order valence-corrected chi connectivity index (χ0v) is 26.6. The smallest absolute Gasteiger partial charge is 0.244 e. The molecular weight excluding hydrogens is 578 g/mol. The van der Waals surface area contributed by atoms with Crippen molar-refractivity contribution in [1.82, 2.24) is 10.2 Å². The molecule has 1 spiro atoms. The van der Waals surface area contributed by atoms with Crippen LogP contribution < -0.4 is 10.6 Å². The number of para-hydroxylation sites is 1. The summed E-state index contributed by atoms with van der Waals surface area (Å²) in [4.78, 5) is 44.1. The first-order valence-electron chi connectivity index (χ1n) is 14.0. The van der Waals surface area contributed by atoms with E-state index in [1.807, 2.05) is 44.2 Å². The highest BCUT2D eigenvalue weighted by molar-refractivity contribution is 9.09. The molecule has 216 valence electrons. The van der Waals surface area contributed by atoms with E-state index < -0.39 is 34.2 Å². The normalized spacial score (nSPS) is 31.0. The van der Waals surface area contributed by atoms with Crippen LogP contribution in [0.4, 0.5) is 5.69 Å². The van der Waals surface area contributed by atoms with E-state index in [4.69, 9.17) is 0 Å². The topological polar surface area (TPSA) is 98.7 Å². The lowest BCUT2D eigenvalue weighted by Crippen LogP contribution is -2.60. The van der Waals surface area contributed by atoms with Crippen LogP contribution in [0, 0.1) is 23.2 Å². The third-order valence-corrected chi connectivity index (χ3v) is 11.3. The molecule has 3 N–H and O–H groups in total. The van der Waals surface area contributed by atoms with Gasteiger partial charge in [-0.3, -0.25) is 14.4 Å². The van der Waals surface area contributed by atoms with E-state index in [1.54, 1.807) is 16.7 Å². The Balaban J connectivity index is 1.74. The molecule has 4 rings (SSSR count). The largest absolute Gasteiger partial charge is 0.394 e. The molecule has 7 atom stereocenters. The van der Waals surface area contributed by atoms with E-state index in [2.05, 4.69) is 61.2 Å². The number of anilines is 1. The number of hydrogen-bond acceptors (Lipinski definition) is 5. The molecule has 0 saturated carbocycles. The second-order valence-corrected chi connectivity index (χ2v) is 16.6. The predicted octanol–water partition coefficient (Wildman–Crippen LogP) is 4.83. The van der Waals surface area contributed by atoms with E-state index >= 15 is 0 Å². The molecule has 3 heterocycles. The van der Waals surface area contributed by atoms with Crippen molar-refractivity contribution >= 4 is 51.1 Å². The summed E-state index contributed by atoms with van der Waals surface area (Å²) in [5.74, 6) is -1.57. The quantitative estimate of drug-likeness (QED) is 0.343. The molecule has 2 bridgehead atoms. The Kier molecular flexibility index (Phi) is 8.58. The second-order valence-electron chi connectivity index (χ2n) is 13.8. The van der Waals surface area contributed by atoms with Crippen molar-refractivity contribution in [3.63, 3.8) is 0 Å². The van der Waals surface area contributed by atoms with Crippen LogP contribution in [0.2, 0.25) is 0 Å². The summed E-state index contributed by atoms with van der Waals surface area (Å²) in [5.41, 5.74) is 0.185. The number of carbonyl (C=O) groups is 3. The van der Waals surface area contributed by atoms with E-state index in [9.17, 15) is 19.5 Å². The third kappa shape index (κ3) is 5.91. The highest BCUT2D eigenvalue weighted by Crippen LogP contribution is 2.68. The molecule has 39 heavy (non-hydrogen) atoms. The van der Waals surface area contributed by atoms with Gasteiger partial charge < -0.3 is 20.6 Å². The number of alkyl halides is 1. The van der Waals surface area contributed by atoms with Crippen LogP contribution in [0.15, 0.2) is 30.3 Å². The Labute approximate surface area is 245 Å². The zero-order chi connectivity index (χ0) is 28.9. The van der Waals surface area contributed by atoms with Gasteiger partial charge in [-0.05, 0) is 56.6 Å². The molecule has 0 aromatic heterocycles. The summed E-state index contributed by atoms with van der Waals surface area (Å²) >= 11 is 5.44. The van der Waals surface area contributed by atoms with Crippen LogP contribution >= 0.6 is 27.7 Å². The average molecular weight is 623 g/mol. The number of aliphatic hydroxyl groups is 1. The summed E-state index contributed by atoms with van der Waals surface area (Å²) < 4.78 is -0.749. The van der Waals surface area contributed by atoms with Gasteiger partial charge >= 0.3 is 0 Å². The van der Waals surface area contributed by atoms with E-state index in [0.29, 0.717) is 18.5 Å². The van der Waals surface area contributed by atoms with Crippen LogP contribution in [0.1, 0.15) is 67.7 Å². The number of benzene rings is 1. The van der Waals surface area contributed by atoms with Crippen LogP contribution in [-0.2, 0) is 14.4 Å². The van der Waals surface area contributed by atoms with Crippen molar-refractivity contribution in [3.8, 4) is 0 Å². The minimum absolute atomic E-state index is 0.00377. The zero-order valence-electron chi connectivity index (χ0n) is 24.2. The Morgan fingerprint density at radius 2 is 1.79 bits per heavy atom. The lowest BCUT2D eigenvalue weighted by atomic mass is 9.70. The fourth-order valence-electron chi connectivity index (χ4n) is 7.40. The van der Waals surface area contributed by atoms with Gasteiger partial charge in [0.25, 0.3) is 0 Å². The number of likely N-dealkylation sites (tertiary alicyclic amines) is 1. The van der Waals surface area contributed by atoms with Crippen LogP contribution in [0.3, 0.4) is 0 Å². The van der Waals surface area contributed by atoms with Gasteiger partial charge in [0.05, 0.1) is 29.2 Å². The maximum atomic E-state index is 14.4. The van der Waals surface area contributed by atoms with Crippen molar-refractivity contribution in [2.24, 2.45) is 23.2 Å². The fraction of sp³-hybridized carbons (Fsp3) is 0.700. The van der Waals surface area contributed by atoms with Gasteiger partial charge in [0.1, 0.15) is 6.04 Å². The van der Waals surface area contributed by atoms with Gasteiger partial charge in [-0.2, -0.15) is 0 Å². The summed E-state index contributed by atoms with van der Waals surface area (Å²) in [6.07, 6.45) is 1.95. The van der Waals surface area contributed by atoms with Crippen molar-refractivity contribution in [2.75, 3.05) is 11.9 Å². The Hall–Kier alpha value is -1.58. The maximum absolute atomic E-state index is 14.4. The van der Waals surface area contributed by atoms with Gasteiger partial charge in [0.15, 0.2) is 0 Å². The predicted molar refractivity (Wildman–Crippen MR) is 161 cm³/mol. The first-order valence-corrected chi connectivity index (χ1v) is 15.8. The molecule has 3 aliphatic heterocycles. The Morgan fingerprint density at radius 3 is 2.36 bits per heavy atom. The SMILES string of the molecule is CC(C)C[C@H](CO)N1C(=O)[C@@H]2[C@H](C(=O)Nc3ccccc3)[C@H]3SC2(CC3Br)C1C(=O)NC(C)(C)CC(C)(C)C. The lowest BCUT2D eigenvalue weighted by Gasteiger charge is -2.41. The average Bonchev–Trinajstić information content (AvgIpc) is 3.39. The number of halogens is 1. The molecule has 3 aliphatic rings. The number of thioether (sulfide) groups is 1. The highest BCUT2D eigenvalue weighted by Gasteiger charge is 2.76. The molecule has 3 amide bonds. The Bertz CT molecular complexity index is 1090. The van der Waals surface area contributed by atoms with Crippen molar-refractivity contribution in [2.45, 2.75) is 100 Å². The molecule has 0 aliphatic carbocycles. The van der Waals surface area contributed by atoms with E-state index in [1.165, 1.54) is 0 Å². The molecule has 9 heteroatoms. The molecule has 3 unspecified atom stereocenters. The molecule has 1 aromatic carbocycles. The molecule has 3 saturated heterocycles. The first-order chi connectivity index (χ1) is 18.1. The molecule has 7 nitrogen and oxygen atoms in total. The second kappa shape index (κ2) is 11.0. The summed E-state index contributed by atoms with van der Waals surface area (Å²) in [7, 11) is 0.